The molecule has 1 atom stereocenters. The van der Waals surface area contributed by atoms with E-state index in [-0.39, 0.29) is 55.3 Å². The first-order chi connectivity index (χ1) is 17.7. The Morgan fingerprint density at radius 2 is 1.86 bits per heavy atom. The molecule has 9 nitrogen and oxygen atoms in total. The predicted molar refractivity (Wildman–Crippen MR) is 147 cm³/mol. The molecule has 1 saturated heterocycles. The van der Waals surface area contributed by atoms with E-state index >= 15 is 0 Å². The molecule has 0 bridgehead atoms. The summed E-state index contributed by atoms with van der Waals surface area (Å²) in [6.07, 6.45) is 1.98. The molecule has 37 heavy (non-hydrogen) atoms. The number of anilines is 3. The smallest absolute Gasteiger partial charge is 0.330 e. The van der Waals surface area contributed by atoms with E-state index in [9.17, 15) is 19.2 Å². The fraction of sp³-hybridized carbons (Fsp3) is 0.333. The van der Waals surface area contributed by atoms with Crippen molar-refractivity contribution in [2.75, 3.05) is 34.9 Å². The number of hydrogen-bond donors (Lipinski definition) is 2. The SMILES string of the molecule is CSc1cccc(N2C[C@H](C(=O)N(CC(C)C)c3c(N)n(Cc4ccccc4)c(=O)[nH]c3=O)CC2=O)c1. The third-order valence-corrected chi connectivity index (χ3v) is 7.05. The molecular weight excluding hydrogens is 490 g/mol. The lowest BCUT2D eigenvalue weighted by Gasteiger charge is -2.28. The zero-order valence-electron chi connectivity index (χ0n) is 21.1. The molecule has 0 spiro atoms. The third-order valence-electron chi connectivity index (χ3n) is 6.32. The lowest BCUT2D eigenvalue weighted by Crippen LogP contribution is -2.45. The van der Waals surface area contributed by atoms with Gasteiger partial charge < -0.3 is 15.5 Å². The standard InChI is InChI=1S/C27H31N5O4S/c1-17(2)14-31(23-24(28)32(27(36)29-25(23)34)15-18-8-5-4-6-9-18)26(35)19-12-22(33)30(16-19)20-10-7-11-21(13-20)37-3/h4-11,13,17,19H,12,14-16,28H2,1-3H3,(H,29,34,36)/t19-/m1/s1. The van der Waals surface area contributed by atoms with Gasteiger partial charge in [0.05, 0.1) is 12.5 Å². The number of nitrogens with two attached hydrogens (primary N) is 1. The van der Waals surface area contributed by atoms with Crippen molar-refractivity contribution in [3.05, 3.63) is 81.0 Å². The number of carbonyl (C=O) groups is 2. The van der Waals surface area contributed by atoms with Gasteiger partial charge in [-0.3, -0.25) is 23.9 Å². The van der Waals surface area contributed by atoms with E-state index in [0.717, 1.165) is 16.1 Å². The van der Waals surface area contributed by atoms with Crippen LogP contribution in [-0.4, -0.2) is 40.7 Å². The van der Waals surface area contributed by atoms with Gasteiger partial charge in [-0.2, -0.15) is 0 Å². The second-order valence-electron chi connectivity index (χ2n) is 9.51. The van der Waals surface area contributed by atoms with Crippen molar-refractivity contribution in [3.63, 3.8) is 0 Å². The summed E-state index contributed by atoms with van der Waals surface area (Å²) in [5, 5.41) is 0. The minimum Gasteiger partial charge on any atom is -0.383 e. The first-order valence-electron chi connectivity index (χ1n) is 12.1. The van der Waals surface area contributed by atoms with Crippen molar-refractivity contribution in [3.8, 4) is 0 Å². The van der Waals surface area contributed by atoms with Crippen molar-refractivity contribution in [1.29, 1.82) is 0 Å². The maximum absolute atomic E-state index is 13.8. The number of rotatable bonds is 8. The molecular formula is C27H31N5O4S. The molecule has 0 aliphatic carbocycles. The Morgan fingerprint density at radius 3 is 2.54 bits per heavy atom. The molecule has 0 saturated carbocycles. The number of H-pyrrole nitrogens is 1. The molecule has 1 aliphatic rings. The van der Waals surface area contributed by atoms with Crippen LogP contribution in [0.3, 0.4) is 0 Å². The van der Waals surface area contributed by atoms with Crippen molar-refractivity contribution < 1.29 is 9.59 Å². The zero-order chi connectivity index (χ0) is 26.7. The van der Waals surface area contributed by atoms with Crippen LogP contribution < -0.4 is 26.8 Å². The minimum atomic E-state index is -0.727. The molecule has 2 aromatic carbocycles. The van der Waals surface area contributed by atoms with Gasteiger partial charge in [-0.15, -0.1) is 11.8 Å². The molecule has 2 amide bonds. The Kier molecular flexibility index (Phi) is 7.87. The van der Waals surface area contributed by atoms with Gasteiger partial charge in [-0.05, 0) is 35.9 Å². The summed E-state index contributed by atoms with van der Waals surface area (Å²) >= 11 is 1.57. The summed E-state index contributed by atoms with van der Waals surface area (Å²) in [5.41, 5.74) is 6.50. The zero-order valence-corrected chi connectivity index (χ0v) is 22.0. The summed E-state index contributed by atoms with van der Waals surface area (Å²) < 4.78 is 1.26. The molecule has 0 radical (unpaired) electrons. The normalized spacial score (nSPS) is 15.4. The number of thioether (sulfide) groups is 1. The van der Waals surface area contributed by atoms with Crippen molar-refractivity contribution in [2.24, 2.45) is 11.8 Å². The van der Waals surface area contributed by atoms with Crippen molar-refractivity contribution >= 4 is 40.8 Å². The topological polar surface area (TPSA) is 122 Å². The lowest BCUT2D eigenvalue weighted by molar-refractivity contribution is -0.124. The van der Waals surface area contributed by atoms with E-state index in [0.29, 0.717) is 0 Å². The summed E-state index contributed by atoms with van der Waals surface area (Å²) in [6, 6.07) is 16.8. The summed E-state index contributed by atoms with van der Waals surface area (Å²) in [7, 11) is 0. The van der Waals surface area contributed by atoms with E-state index < -0.39 is 17.2 Å². The highest BCUT2D eigenvalue weighted by Gasteiger charge is 2.39. The van der Waals surface area contributed by atoms with Gasteiger partial charge in [-0.25, -0.2) is 4.79 Å². The van der Waals surface area contributed by atoms with Gasteiger partial charge in [0, 0.05) is 30.1 Å². The number of benzene rings is 2. The lowest BCUT2D eigenvalue weighted by atomic mass is 10.1. The predicted octanol–water partition coefficient (Wildman–Crippen LogP) is 2.93. The molecule has 1 aromatic heterocycles. The largest absolute Gasteiger partial charge is 0.383 e. The van der Waals surface area contributed by atoms with Gasteiger partial charge in [0.25, 0.3) is 5.56 Å². The molecule has 194 valence electrons. The number of nitrogens with one attached hydrogen (secondary N) is 1. The second-order valence-corrected chi connectivity index (χ2v) is 10.4. The van der Waals surface area contributed by atoms with E-state index in [4.69, 9.17) is 5.73 Å². The highest BCUT2D eigenvalue weighted by atomic mass is 32.2. The van der Waals surface area contributed by atoms with Crippen molar-refractivity contribution in [1.82, 2.24) is 9.55 Å². The molecule has 10 heteroatoms. The summed E-state index contributed by atoms with van der Waals surface area (Å²) in [6.45, 7) is 4.39. The van der Waals surface area contributed by atoms with Gasteiger partial charge >= 0.3 is 5.69 Å². The van der Waals surface area contributed by atoms with E-state index in [1.807, 2.05) is 74.7 Å². The third kappa shape index (κ3) is 5.64. The van der Waals surface area contributed by atoms with Crippen LogP contribution in [0.4, 0.5) is 17.2 Å². The Hall–Kier alpha value is -3.79. The van der Waals surface area contributed by atoms with Crippen LogP contribution >= 0.6 is 11.8 Å². The summed E-state index contributed by atoms with van der Waals surface area (Å²) in [4.78, 5) is 58.7. The number of aromatic nitrogens is 2. The van der Waals surface area contributed by atoms with Crippen LogP contribution in [0.2, 0.25) is 0 Å². The maximum Gasteiger partial charge on any atom is 0.330 e. The van der Waals surface area contributed by atoms with Crippen LogP contribution in [0.15, 0.2) is 69.1 Å². The quantitative estimate of drug-likeness (QED) is 0.440. The minimum absolute atomic E-state index is 0.00344. The van der Waals surface area contributed by atoms with Crippen LogP contribution in [0.25, 0.3) is 0 Å². The van der Waals surface area contributed by atoms with Crippen LogP contribution in [0, 0.1) is 11.8 Å². The van der Waals surface area contributed by atoms with Gasteiger partial charge in [0.2, 0.25) is 11.8 Å². The fourth-order valence-electron chi connectivity index (χ4n) is 4.54. The average Bonchev–Trinajstić information content (AvgIpc) is 3.27. The van der Waals surface area contributed by atoms with Crippen LogP contribution in [-0.2, 0) is 16.1 Å². The Balaban J connectivity index is 1.69. The number of hydrogen-bond acceptors (Lipinski definition) is 6. The molecule has 2 heterocycles. The number of carbonyl (C=O) groups excluding carboxylic acids is 2. The van der Waals surface area contributed by atoms with Gasteiger partial charge in [-0.1, -0.05) is 50.2 Å². The molecule has 0 unspecified atom stereocenters. The van der Waals surface area contributed by atoms with Crippen LogP contribution in [0.1, 0.15) is 25.8 Å². The Morgan fingerprint density at radius 1 is 1.14 bits per heavy atom. The Labute approximate surface area is 219 Å². The van der Waals surface area contributed by atoms with Crippen molar-refractivity contribution in [2.45, 2.75) is 31.7 Å². The number of amides is 2. The fourth-order valence-corrected chi connectivity index (χ4v) is 4.99. The first-order valence-corrected chi connectivity index (χ1v) is 13.3. The molecule has 4 rings (SSSR count). The molecule has 3 N–H and O–H groups in total. The van der Waals surface area contributed by atoms with Gasteiger partial charge in [0.1, 0.15) is 5.82 Å². The summed E-state index contributed by atoms with van der Waals surface area (Å²) in [5.74, 6) is -1.26. The van der Waals surface area contributed by atoms with Crippen LogP contribution in [0.5, 0.6) is 0 Å². The average molecular weight is 522 g/mol. The highest BCUT2D eigenvalue weighted by Crippen LogP contribution is 2.30. The Bertz CT molecular complexity index is 1420. The maximum atomic E-state index is 13.8. The van der Waals surface area contributed by atoms with E-state index in [1.165, 1.54) is 9.47 Å². The molecule has 1 fully saturated rings. The number of nitrogens with zero attached hydrogens (tertiary/aromatic N) is 3. The second kappa shape index (κ2) is 11.1. The molecule has 1 aliphatic heterocycles. The highest BCUT2D eigenvalue weighted by molar-refractivity contribution is 7.98. The number of nitrogen functional groups attached to an aromatic ring is 1. The van der Waals surface area contributed by atoms with E-state index in [1.54, 1.807) is 16.7 Å². The first kappa shape index (κ1) is 26.3. The van der Waals surface area contributed by atoms with E-state index in [2.05, 4.69) is 4.98 Å². The molecule has 3 aromatic rings. The van der Waals surface area contributed by atoms with Gasteiger partial charge in [0.15, 0.2) is 5.69 Å². The number of aromatic amines is 1. The monoisotopic (exact) mass is 521 g/mol.